The highest BCUT2D eigenvalue weighted by Crippen LogP contribution is 2.21. The minimum atomic E-state index is -0.575. The van der Waals surface area contributed by atoms with E-state index in [9.17, 15) is 4.79 Å². The molecular formula is C17H20N2O3. The summed E-state index contributed by atoms with van der Waals surface area (Å²) < 4.78 is 10.3. The molecule has 2 aromatic carbocycles. The fourth-order valence-electron chi connectivity index (χ4n) is 1.91. The molecule has 0 radical (unpaired) electrons. The van der Waals surface area contributed by atoms with E-state index in [2.05, 4.69) is 10.5 Å². The van der Waals surface area contributed by atoms with Crippen LogP contribution in [0.4, 0.5) is 4.79 Å². The number of ether oxygens (including phenoxy) is 2. The van der Waals surface area contributed by atoms with E-state index in [-0.39, 0.29) is 0 Å². The molecule has 1 N–H and O–H groups in total. The molecule has 0 atom stereocenters. The third-order valence-corrected chi connectivity index (χ3v) is 2.84. The molecule has 0 aromatic heterocycles. The van der Waals surface area contributed by atoms with Crippen LogP contribution in [0.3, 0.4) is 0 Å². The monoisotopic (exact) mass is 300 g/mol. The normalized spacial score (nSPS) is 11.6. The first-order valence-corrected chi connectivity index (χ1v) is 6.97. The van der Waals surface area contributed by atoms with Crippen molar-refractivity contribution in [3.05, 3.63) is 42.0 Å². The predicted molar refractivity (Wildman–Crippen MR) is 87.5 cm³/mol. The van der Waals surface area contributed by atoms with Gasteiger partial charge in [-0.05, 0) is 55.3 Å². The molecule has 5 heteroatoms. The lowest BCUT2D eigenvalue weighted by Gasteiger charge is -2.18. The first-order chi connectivity index (χ1) is 10.4. The number of amides is 1. The van der Waals surface area contributed by atoms with E-state index in [0.29, 0.717) is 0 Å². The molecule has 0 heterocycles. The van der Waals surface area contributed by atoms with Gasteiger partial charge in [-0.3, -0.25) is 0 Å². The molecule has 0 fully saturated rings. The van der Waals surface area contributed by atoms with Crippen molar-refractivity contribution in [1.29, 1.82) is 0 Å². The quantitative estimate of drug-likeness (QED) is 0.694. The number of hydrogen-bond donors (Lipinski definition) is 1. The SMILES string of the molecule is COc1ccc2cc(/C=N\NC(=O)OC(C)(C)C)ccc2c1. The summed E-state index contributed by atoms with van der Waals surface area (Å²) in [6, 6.07) is 11.7. The second-order valence-electron chi connectivity index (χ2n) is 5.84. The number of nitrogens with one attached hydrogen (secondary N) is 1. The lowest BCUT2D eigenvalue weighted by molar-refractivity contribution is 0.0529. The molecule has 0 aliphatic heterocycles. The lowest BCUT2D eigenvalue weighted by Crippen LogP contribution is -2.29. The molecule has 0 aliphatic carbocycles. The fourth-order valence-corrected chi connectivity index (χ4v) is 1.91. The Kier molecular flexibility index (Phi) is 4.65. The topological polar surface area (TPSA) is 59.9 Å². The van der Waals surface area contributed by atoms with Crippen LogP contribution in [0.5, 0.6) is 5.75 Å². The number of benzene rings is 2. The zero-order valence-corrected chi connectivity index (χ0v) is 13.2. The number of rotatable bonds is 3. The smallest absolute Gasteiger partial charge is 0.428 e. The molecule has 0 unspecified atom stereocenters. The molecule has 2 aromatic rings. The summed E-state index contributed by atoms with van der Waals surface area (Å²) in [7, 11) is 1.64. The predicted octanol–water partition coefficient (Wildman–Crippen LogP) is 3.71. The minimum Gasteiger partial charge on any atom is -0.497 e. The Hall–Kier alpha value is -2.56. The lowest BCUT2D eigenvalue weighted by atomic mass is 10.1. The van der Waals surface area contributed by atoms with Gasteiger partial charge in [0, 0.05) is 0 Å². The summed E-state index contributed by atoms with van der Waals surface area (Å²) in [6.45, 7) is 5.40. The van der Waals surface area contributed by atoms with E-state index in [1.807, 2.05) is 36.4 Å². The molecule has 0 aliphatic rings. The highest BCUT2D eigenvalue weighted by molar-refractivity contribution is 5.91. The van der Waals surface area contributed by atoms with Gasteiger partial charge in [0.25, 0.3) is 0 Å². The van der Waals surface area contributed by atoms with E-state index < -0.39 is 11.7 Å². The Morgan fingerprint density at radius 1 is 1.14 bits per heavy atom. The van der Waals surface area contributed by atoms with Gasteiger partial charge in [-0.15, -0.1) is 0 Å². The molecule has 0 spiro atoms. The van der Waals surface area contributed by atoms with Crippen molar-refractivity contribution in [3.8, 4) is 5.75 Å². The summed E-state index contributed by atoms with van der Waals surface area (Å²) in [5, 5.41) is 6.04. The molecule has 0 bridgehead atoms. The summed E-state index contributed by atoms with van der Waals surface area (Å²) >= 11 is 0. The van der Waals surface area contributed by atoms with Crippen LogP contribution in [0.1, 0.15) is 26.3 Å². The maximum atomic E-state index is 11.5. The molecule has 1 amide bonds. The first kappa shape index (κ1) is 15.8. The minimum absolute atomic E-state index is 0.540. The van der Waals surface area contributed by atoms with Crippen molar-refractivity contribution < 1.29 is 14.3 Å². The number of fused-ring (bicyclic) bond motifs is 1. The van der Waals surface area contributed by atoms with Crippen LogP contribution in [0.25, 0.3) is 10.8 Å². The molecule has 5 nitrogen and oxygen atoms in total. The van der Waals surface area contributed by atoms with Gasteiger partial charge in [-0.1, -0.05) is 18.2 Å². The van der Waals surface area contributed by atoms with E-state index in [1.165, 1.54) is 0 Å². The van der Waals surface area contributed by atoms with Crippen molar-refractivity contribution in [3.63, 3.8) is 0 Å². The van der Waals surface area contributed by atoms with Gasteiger partial charge in [-0.25, -0.2) is 10.2 Å². The van der Waals surface area contributed by atoms with E-state index in [1.54, 1.807) is 34.1 Å². The third-order valence-electron chi connectivity index (χ3n) is 2.84. The molecule has 2 rings (SSSR count). The number of hydrazone groups is 1. The van der Waals surface area contributed by atoms with Crippen LogP contribution >= 0.6 is 0 Å². The number of carbonyl (C=O) groups is 1. The summed E-state index contributed by atoms with van der Waals surface area (Å²) in [6.07, 6.45) is 1.00. The molecule has 0 saturated carbocycles. The van der Waals surface area contributed by atoms with Gasteiger partial charge in [0.05, 0.1) is 13.3 Å². The number of carbonyl (C=O) groups excluding carboxylic acids is 1. The maximum Gasteiger partial charge on any atom is 0.428 e. The molecule has 0 saturated heterocycles. The summed E-state index contributed by atoms with van der Waals surface area (Å²) in [5.74, 6) is 0.820. The van der Waals surface area contributed by atoms with Gasteiger partial charge in [0.2, 0.25) is 0 Å². The molecular weight excluding hydrogens is 280 g/mol. The highest BCUT2D eigenvalue weighted by Gasteiger charge is 2.15. The van der Waals surface area contributed by atoms with Crippen molar-refractivity contribution in [2.45, 2.75) is 26.4 Å². The summed E-state index contributed by atoms with van der Waals surface area (Å²) in [4.78, 5) is 11.5. The Balaban J connectivity index is 2.05. The van der Waals surface area contributed by atoms with Crippen LogP contribution in [0.2, 0.25) is 0 Å². The van der Waals surface area contributed by atoms with E-state index in [4.69, 9.17) is 9.47 Å². The van der Waals surface area contributed by atoms with E-state index in [0.717, 1.165) is 22.1 Å². The fraction of sp³-hybridized carbons (Fsp3) is 0.294. The van der Waals surface area contributed by atoms with Crippen molar-refractivity contribution >= 4 is 23.1 Å². The Morgan fingerprint density at radius 3 is 2.50 bits per heavy atom. The average molecular weight is 300 g/mol. The third kappa shape index (κ3) is 4.48. The van der Waals surface area contributed by atoms with Crippen molar-refractivity contribution in [2.75, 3.05) is 7.11 Å². The number of methoxy groups -OCH3 is 1. The average Bonchev–Trinajstić information content (AvgIpc) is 2.44. The molecule has 22 heavy (non-hydrogen) atoms. The zero-order valence-electron chi connectivity index (χ0n) is 13.2. The van der Waals surface area contributed by atoms with Gasteiger partial charge in [-0.2, -0.15) is 5.10 Å². The van der Waals surface area contributed by atoms with Gasteiger partial charge < -0.3 is 9.47 Å². The first-order valence-electron chi connectivity index (χ1n) is 6.97. The van der Waals surface area contributed by atoms with E-state index >= 15 is 0 Å². The maximum absolute atomic E-state index is 11.5. The van der Waals surface area contributed by atoms with Crippen LogP contribution < -0.4 is 10.2 Å². The molecule has 116 valence electrons. The highest BCUT2D eigenvalue weighted by atomic mass is 16.6. The van der Waals surface area contributed by atoms with Crippen LogP contribution in [0.15, 0.2) is 41.5 Å². The Morgan fingerprint density at radius 2 is 1.82 bits per heavy atom. The Labute approximate surface area is 129 Å². The second kappa shape index (κ2) is 6.47. The summed E-state index contributed by atoms with van der Waals surface area (Å²) in [5.41, 5.74) is 2.69. The van der Waals surface area contributed by atoms with Crippen molar-refractivity contribution in [1.82, 2.24) is 5.43 Å². The van der Waals surface area contributed by atoms with Gasteiger partial charge >= 0.3 is 6.09 Å². The second-order valence-corrected chi connectivity index (χ2v) is 5.84. The number of nitrogens with zero attached hydrogens (tertiary/aromatic N) is 1. The number of hydrogen-bond acceptors (Lipinski definition) is 4. The van der Waals surface area contributed by atoms with Crippen LogP contribution in [-0.4, -0.2) is 25.0 Å². The van der Waals surface area contributed by atoms with Gasteiger partial charge in [0.15, 0.2) is 0 Å². The van der Waals surface area contributed by atoms with Gasteiger partial charge in [0.1, 0.15) is 11.4 Å². The van der Waals surface area contributed by atoms with Crippen LogP contribution in [-0.2, 0) is 4.74 Å². The zero-order chi connectivity index (χ0) is 16.2. The standard InChI is InChI=1S/C17H20N2O3/c1-17(2,3)22-16(20)19-18-11-12-5-6-14-10-15(21-4)8-7-13(14)9-12/h5-11H,1-4H3,(H,19,20)/b18-11-. The largest absolute Gasteiger partial charge is 0.497 e. The Bertz CT molecular complexity index is 703. The van der Waals surface area contributed by atoms with Crippen molar-refractivity contribution in [2.24, 2.45) is 5.10 Å². The van der Waals surface area contributed by atoms with Crippen LogP contribution in [0, 0.1) is 0 Å².